The number of benzene rings is 1. The number of nitrogens with zero attached hydrogens (tertiary/aromatic N) is 1. The minimum Gasteiger partial charge on any atom is -0.483 e. The molecule has 21 heavy (non-hydrogen) atoms. The van der Waals surface area contributed by atoms with Gasteiger partial charge in [-0.15, -0.1) is 0 Å². The summed E-state index contributed by atoms with van der Waals surface area (Å²) in [6.45, 7) is 2.13. The summed E-state index contributed by atoms with van der Waals surface area (Å²) < 4.78 is 5.77. The minimum atomic E-state index is -1.12. The Kier molecular flexibility index (Phi) is 4.77. The lowest BCUT2D eigenvalue weighted by Crippen LogP contribution is -2.25. The lowest BCUT2D eigenvalue weighted by atomic mass is 9.85. The number of hydrogen-bond donors (Lipinski definition) is 1. The molecule has 1 fully saturated rings. The van der Waals surface area contributed by atoms with Gasteiger partial charge >= 0.3 is 11.7 Å². The second-order valence-corrected chi connectivity index (χ2v) is 5.43. The molecule has 114 valence electrons. The fourth-order valence-corrected chi connectivity index (χ4v) is 2.79. The highest BCUT2D eigenvalue weighted by Crippen LogP contribution is 2.34. The molecule has 6 heteroatoms. The Morgan fingerprint density at radius 2 is 2.24 bits per heavy atom. The Hall–Kier alpha value is -2.11. The Morgan fingerprint density at radius 3 is 2.86 bits per heavy atom. The number of aromatic carboxylic acids is 1. The molecule has 6 nitrogen and oxygen atoms in total. The largest absolute Gasteiger partial charge is 0.483 e. The molecular weight excluding hydrogens is 274 g/mol. The molecular formula is C15H19NO5. The molecule has 0 amide bonds. The Morgan fingerprint density at radius 1 is 1.48 bits per heavy atom. The van der Waals surface area contributed by atoms with Crippen LogP contribution in [0.4, 0.5) is 5.69 Å². The van der Waals surface area contributed by atoms with Gasteiger partial charge in [-0.25, -0.2) is 4.79 Å². The number of carboxylic acids is 1. The van der Waals surface area contributed by atoms with E-state index in [0.717, 1.165) is 32.1 Å². The van der Waals surface area contributed by atoms with E-state index in [1.807, 2.05) is 0 Å². The third-order valence-corrected chi connectivity index (χ3v) is 4.01. The van der Waals surface area contributed by atoms with Crippen LogP contribution in [0.15, 0.2) is 18.2 Å². The molecule has 1 N–H and O–H groups in total. The van der Waals surface area contributed by atoms with Gasteiger partial charge in [0.15, 0.2) is 5.75 Å². The first-order chi connectivity index (χ1) is 10.0. The van der Waals surface area contributed by atoms with Gasteiger partial charge in [0.2, 0.25) is 0 Å². The van der Waals surface area contributed by atoms with Crippen molar-refractivity contribution in [2.24, 2.45) is 5.92 Å². The van der Waals surface area contributed by atoms with Gasteiger partial charge in [-0.3, -0.25) is 10.1 Å². The smallest absolute Gasteiger partial charge is 0.335 e. The van der Waals surface area contributed by atoms with Crippen molar-refractivity contribution in [1.29, 1.82) is 0 Å². The van der Waals surface area contributed by atoms with Crippen LogP contribution < -0.4 is 4.74 Å². The third-order valence-electron chi connectivity index (χ3n) is 4.01. The molecule has 0 aliphatic heterocycles. The highest BCUT2D eigenvalue weighted by molar-refractivity contribution is 5.88. The molecule has 1 aliphatic rings. The molecule has 0 saturated heterocycles. The maximum absolute atomic E-state index is 11.0. The standard InChI is InChI=1S/C15H19NO5/c1-2-10-4-3-5-12(8-10)21-14-9-11(15(17)18)6-7-13(14)16(19)20/h6-7,9-10,12H,2-5,8H2,1H3,(H,17,18). The van der Waals surface area contributed by atoms with E-state index >= 15 is 0 Å². The van der Waals surface area contributed by atoms with Crippen molar-refractivity contribution in [3.05, 3.63) is 33.9 Å². The Labute approximate surface area is 122 Å². The highest BCUT2D eigenvalue weighted by Gasteiger charge is 2.25. The molecule has 1 aliphatic carbocycles. The van der Waals surface area contributed by atoms with Crippen LogP contribution >= 0.6 is 0 Å². The highest BCUT2D eigenvalue weighted by atomic mass is 16.6. The van der Waals surface area contributed by atoms with E-state index in [0.29, 0.717) is 5.92 Å². The molecule has 0 spiro atoms. The topological polar surface area (TPSA) is 89.7 Å². The summed E-state index contributed by atoms with van der Waals surface area (Å²) in [6.07, 6.45) is 4.91. The van der Waals surface area contributed by atoms with Crippen LogP contribution in [-0.4, -0.2) is 22.1 Å². The van der Waals surface area contributed by atoms with E-state index in [-0.39, 0.29) is 23.1 Å². The van der Waals surface area contributed by atoms with Crippen molar-refractivity contribution in [3.63, 3.8) is 0 Å². The lowest BCUT2D eigenvalue weighted by Gasteiger charge is -2.28. The number of ether oxygens (including phenoxy) is 1. The van der Waals surface area contributed by atoms with Gasteiger partial charge in [0.1, 0.15) is 0 Å². The first kappa shape index (κ1) is 15.3. The van der Waals surface area contributed by atoms with E-state index in [2.05, 4.69) is 6.92 Å². The fraction of sp³-hybridized carbons (Fsp3) is 0.533. The number of carboxylic acid groups (broad SMARTS) is 1. The van der Waals surface area contributed by atoms with Gasteiger partial charge in [0.25, 0.3) is 0 Å². The van der Waals surface area contributed by atoms with E-state index in [9.17, 15) is 14.9 Å². The summed E-state index contributed by atoms with van der Waals surface area (Å²) in [5, 5.41) is 20.0. The molecule has 2 rings (SSSR count). The van der Waals surface area contributed by atoms with Crippen LogP contribution in [0.25, 0.3) is 0 Å². The van der Waals surface area contributed by atoms with Crippen molar-refractivity contribution < 1.29 is 19.6 Å². The van der Waals surface area contributed by atoms with Gasteiger partial charge in [-0.05, 0) is 31.2 Å². The number of nitro groups is 1. The normalized spacial score (nSPS) is 21.8. The predicted octanol–water partition coefficient (Wildman–Crippen LogP) is 3.64. The zero-order chi connectivity index (χ0) is 15.4. The van der Waals surface area contributed by atoms with E-state index < -0.39 is 10.9 Å². The van der Waals surface area contributed by atoms with Crippen LogP contribution in [0.2, 0.25) is 0 Å². The minimum absolute atomic E-state index is 0.00143. The van der Waals surface area contributed by atoms with Gasteiger partial charge < -0.3 is 9.84 Å². The summed E-state index contributed by atoms with van der Waals surface area (Å²) in [5.74, 6) is -0.489. The predicted molar refractivity (Wildman–Crippen MR) is 76.7 cm³/mol. The molecule has 0 heterocycles. The van der Waals surface area contributed by atoms with Crippen molar-refractivity contribution in [2.45, 2.75) is 45.1 Å². The second-order valence-electron chi connectivity index (χ2n) is 5.43. The zero-order valence-corrected chi connectivity index (χ0v) is 11.9. The van der Waals surface area contributed by atoms with Crippen LogP contribution in [0.3, 0.4) is 0 Å². The van der Waals surface area contributed by atoms with E-state index in [4.69, 9.17) is 9.84 Å². The van der Waals surface area contributed by atoms with Crippen LogP contribution in [0.1, 0.15) is 49.4 Å². The summed E-state index contributed by atoms with van der Waals surface area (Å²) in [4.78, 5) is 21.5. The van der Waals surface area contributed by atoms with Crippen molar-refractivity contribution in [2.75, 3.05) is 0 Å². The number of rotatable bonds is 5. The summed E-state index contributed by atoms with van der Waals surface area (Å²) >= 11 is 0. The van der Waals surface area contributed by atoms with Gasteiger partial charge in [0.05, 0.1) is 16.6 Å². The Balaban J connectivity index is 2.22. The second kappa shape index (κ2) is 6.56. The molecule has 0 radical (unpaired) electrons. The summed E-state index contributed by atoms with van der Waals surface area (Å²) in [6, 6.07) is 3.66. The molecule has 1 aromatic carbocycles. The first-order valence-corrected chi connectivity index (χ1v) is 7.19. The van der Waals surface area contributed by atoms with Gasteiger partial charge in [-0.1, -0.05) is 19.8 Å². The van der Waals surface area contributed by atoms with E-state index in [1.54, 1.807) is 0 Å². The number of hydrogen-bond acceptors (Lipinski definition) is 4. The average molecular weight is 293 g/mol. The van der Waals surface area contributed by atoms with Crippen molar-refractivity contribution >= 4 is 11.7 Å². The molecule has 2 unspecified atom stereocenters. The maximum Gasteiger partial charge on any atom is 0.335 e. The Bertz CT molecular complexity index is 543. The lowest BCUT2D eigenvalue weighted by molar-refractivity contribution is -0.386. The monoisotopic (exact) mass is 293 g/mol. The van der Waals surface area contributed by atoms with Crippen molar-refractivity contribution in [3.8, 4) is 5.75 Å². The molecule has 1 saturated carbocycles. The average Bonchev–Trinajstić information content (AvgIpc) is 2.47. The first-order valence-electron chi connectivity index (χ1n) is 7.19. The third kappa shape index (κ3) is 3.71. The molecule has 0 aromatic heterocycles. The van der Waals surface area contributed by atoms with Crippen LogP contribution in [-0.2, 0) is 0 Å². The molecule has 1 aromatic rings. The van der Waals surface area contributed by atoms with Crippen molar-refractivity contribution in [1.82, 2.24) is 0 Å². The SMILES string of the molecule is CCC1CCCC(Oc2cc(C(=O)O)ccc2[N+](=O)[O-])C1. The number of nitro benzene ring substituents is 1. The summed E-state index contributed by atoms with van der Waals surface area (Å²) in [7, 11) is 0. The molecule has 0 bridgehead atoms. The summed E-state index contributed by atoms with van der Waals surface area (Å²) in [5.41, 5.74) is -0.183. The van der Waals surface area contributed by atoms with Gasteiger partial charge in [0, 0.05) is 12.1 Å². The molecule has 2 atom stereocenters. The fourth-order valence-electron chi connectivity index (χ4n) is 2.79. The zero-order valence-electron chi connectivity index (χ0n) is 11.9. The van der Waals surface area contributed by atoms with E-state index in [1.165, 1.54) is 18.2 Å². The maximum atomic E-state index is 11.0. The van der Waals surface area contributed by atoms with Crippen LogP contribution in [0.5, 0.6) is 5.75 Å². The van der Waals surface area contributed by atoms with Gasteiger partial charge in [-0.2, -0.15) is 0 Å². The quantitative estimate of drug-likeness (QED) is 0.661. The number of carbonyl (C=O) groups is 1. The van der Waals surface area contributed by atoms with Crippen LogP contribution in [0, 0.1) is 16.0 Å².